The van der Waals surface area contributed by atoms with Gasteiger partial charge in [0.05, 0.1) is 12.1 Å². The highest BCUT2D eigenvalue weighted by atomic mass is 35.5. The minimum Gasteiger partial charge on any atom is -0.387 e. The van der Waals surface area contributed by atoms with Crippen molar-refractivity contribution in [2.45, 2.75) is 121 Å². The van der Waals surface area contributed by atoms with Crippen molar-refractivity contribution in [1.82, 2.24) is 0 Å². The molecular weight excluding hydrogens is 422 g/mol. The van der Waals surface area contributed by atoms with Crippen LogP contribution in [0.5, 0.6) is 0 Å². The molecule has 0 spiro atoms. The zero-order chi connectivity index (χ0) is 23.1. The summed E-state index contributed by atoms with van der Waals surface area (Å²) in [6, 6.07) is 0.166. The summed E-state index contributed by atoms with van der Waals surface area (Å²) < 4.78 is 5.39. The lowest BCUT2D eigenvalue weighted by Crippen LogP contribution is -2.53. The van der Waals surface area contributed by atoms with Gasteiger partial charge < -0.3 is 15.6 Å². The smallest absolute Gasteiger partial charge is 0.151 e. The first-order valence-corrected chi connectivity index (χ1v) is 13.5. The molecule has 3 N–H and O–H groups in total. The number of nitrogens with zero attached hydrogens (tertiary/aromatic N) is 2. The quantitative estimate of drug-likeness (QED) is 0.134. The number of hydrogen-bond acceptors (Lipinski definition) is 4. The number of amidine groups is 1. The van der Waals surface area contributed by atoms with Gasteiger partial charge in [-0.05, 0) is 95.6 Å². The highest BCUT2D eigenvalue weighted by molar-refractivity contribution is 6.20. The van der Waals surface area contributed by atoms with Gasteiger partial charge in [-0.15, -0.1) is 11.6 Å². The van der Waals surface area contributed by atoms with Crippen molar-refractivity contribution >= 4 is 24.2 Å². The molecule has 0 radical (unpaired) electrons. The van der Waals surface area contributed by atoms with Gasteiger partial charge in [-0.3, -0.25) is 9.98 Å². The van der Waals surface area contributed by atoms with Crippen LogP contribution in [0.4, 0.5) is 0 Å². The fourth-order valence-corrected chi connectivity index (χ4v) is 7.02. The third-order valence-corrected chi connectivity index (χ3v) is 8.86. The number of alkyl halides is 1. The first-order chi connectivity index (χ1) is 15.4. The number of rotatable bonds is 11. The average molecular weight is 468 g/mol. The first-order valence-electron chi connectivity index (χ1n) is 13.1. The zero-order valence-electron chi connectivity index (χ0n) is 20.4. The Morgan fingerprint density at radius 2 is 1.81 bits per heavy atom. The fourth-order valence-electron chi connectivity index (χ4n) is 6.77. The van der Waals surface area contributed by atoms with Gasteiger partial charge in [0.2, 0.25) is 0 Å². The molecule has 3 unspecified atom stereocenters. The molecule has 0 saturated heterocycles. The van der Waals surface area contributed by atoms with E-state index in [4.69, 9.17) is 27.1 Å². The second-order valence-electron chi connectivity index (χ2n) is 10.9. The molecule has 3 fully saturated rings. The topological polar surface area (TPSA) is 80.2 Å². The number of hydrogen-bond donors (Lipinski definition) is 2. The van der Waals surface area contributed by atoms with E-state index in [9.17, 15) is 5.11 Å². The lowest BCUT2D eigenvalue weighted by atomic mass is 9.53. The molecular formula is C26H46ClN3O2. The Labute approximate surface area is 200 Å². The summed E-state index contributed by atoms with van der Waals surface area (Å²) in [5, 5.41) is 9.77. The molecule has 32 heavy (non-hydrogen) atoms. The second-order valence-corrected chi connectivity index (χ2v) is 11.5. The van der Waals surface area contributed by atoms with Crippen LogP contribution < -0.4 is 5.73 Å². The van der Waals surface area contributed by atoms with Crippen LogP contribution in [0.3, 0.4) is 0 Å². The molecule has 3 saturated carbocycles. The van der Waals surface area contributed by atoms with E-state index < -0.39 is 6.29 Å². The van der Waals surface area contributed by atoms with E-state index in [0.29, 0.717) is 29.7 Å². The average Bonchev–Trinajstić information content (AvgIpc) is 2.75. The Balaban J connectivity index is 1.78. The van der Waals surface area contributed by atoms with Gasteiger partial charge in [-0.2, -0.15) is 0 Å². The normalized spacial score (nSPS) is 35.0. The summed E-state index contributed by atoms with van der Waals surface area (Å²) in [6.07, 6.45) is 14.1. The van der Waals surface area contributed by atoms with Gasteiger partial charge in [-0.25, -0.2) is 0 Å². The molecule has 5 nitrogen and oxygen atoms in total. The standard InChI is InChI=1S/C26H46ClN3O2/c1-18-16-26(17-18,21-11-13-22(27)14-12-21)25(28)30-23(10-7-15-32-19(2)31)24(29-3)20-8-5-4-6-9-20/h18-24,31H,3-17H2,1-2H3,(H2,28,30). The highest BCUT2D eigenvalue weighted by Crippen LogP contribution is 2.55. The van der Waals surface area contributed by atoms with Gasteiger partial charge in [0.15, 0.2) is 6.29 Å². The van der Waals surface area contributed by atoms with Crippen LogP contribution in [0, 0.1) is 23.2 Å². The van der Waals surface area contributed by atoms with Gasteiger partial charge in [0, 0.05) is 17.4 Å². The number of nitrogens with two attached hydrogens (primary N) is 1. The van der Waals surface area contributed by atoms with Crippen LogP contribution in [0.15, 0.2) is 9.98 Å². The maximum Gasteiger partial charge on any atom is 0.151 e. The molecule has 184 valence electrons. The van der Waals surface area contributed by atoms with Gasteiger partial charge in [0.25, 0.3) is 0 Å². The van der Waals surface area contributed by atoms with Crippen LogP contribution in [0.1, 0.15) is 97.3 Å². The summed E-state index contributed by atoms with van der Waals surface area (Å²) in [4.78, 5) is 9.89. The van der Waals surface area contributed by atoms with Crippen LogP contribution >= 0.6 is 11.6 Å². The zero-order valence-corrected chi connectivity index (χ0v) is 21.1. The molecule has 0 amide bonds. The van der Waals surface area contributed by atoms with Gasteiger partial charge in [0.1, 0.15) is 5.84 Å². The van der Waals surface area contributed by atoms with Gasteiger partial charge >= 0.3 is 0 Å². The number of aliphatic imine (C=N–C) groups is 2. The number of ether oxygens (including phenoxy) is 1. The summed E-state index contributed by atoms with van der Waals surface area (Å²) in [7, 11) is 0. The van der Waals surface area contributed by atoms with Crippen LogP contribution in [0.2, 0.25) is 0 Å². The molecule has 6 heteroatoms. The number of aliphatic hydroxyl groups is 1. The predicted molar refractivity (Wildman–Crippen MR) is 135 cm³/mol. The third kappa shape index (κ3) is 6.48. The monoisotopic (exact) mass is 467 g/mol. The Morgan fingerprint density at radius 3 is 2.38 bits per heavy atom. The highest BCUT2D eigenvalue weighted by Gasteiger charge is 2.51. The van der Waals surface area contributed by atoms with E-state index in [1.54, 1.807) is 6.92 Å². The van der Waals surface area contributed by atoms with Crippen molar-refractivity contribution in [2.24, 2.45) is 38.9 Å². The summed E-state index contributed by atoms with van der Waals surface area (Å²) >= 11 is 6.41. The molecule has 3 atom stereocenters. The summed E-state index contributed by atoms with van der Waals surface area (Å²) in [5.74, 6) is 2.71. The predicted octanol–water partition coefficient (Wildman–Crippen LogP) is 5.71. The van der Waals surface area contributed by atoms with E-state index in [0.717, 1.165) is 57.2 Å². The minimum atomic E-state index is -0.731. The molecule has 0 aromatic heterocycles. The van der Waals surface area contributed by atoms with Crippen molar-refractivity contribution in [2.75, 3.05) is 6.61 Å². The van der Waals surface area contributed by atoms with E-state index in [-0.39, 0.29) is 17.5 Å². The molecule has 0 heterocycles. The molecule has 0 aromatic rings. The van der Waals surface area contributed by atoms with Crippen molar-refractivity contribution < 1.29 is 9.84 Å². The number of halogens is 1. The maximum atomic E-state index is 9.45. The second kappa shape index (κ2) is 12.2. The lowest BCUT2D eigenvalue weighted by molar-refractivity contribution is -0.0862. The maximum absolute atomic E-state index is 9.45. The van der Waals surface area contributed by atoms with E-state index in [1.807, 2.05) is 0 Å². The van der Waals surface area contributed by atoms with Crippen LogP contribution in [0.25, 0.3) is 0 Å². The molecule has 0 aromatic carbocycles. The largest absolute Gasteiger partial charge is 0.387 e. The van der Waals surface area contributed by atoms with Crippen molar-refractivity contribution in [1.29, 1.82) is 0 Å². The van der Waals surface area contributed by atoms with Crippen molar-refractivity contribution in [3.63, 3.8) is 0 Å². The van der Waals surface area contributed by atoms with Crippen molar-refractivity contribution in [3.8, 4) is 0 Å². The molecule has 0 aliphatic heterocycles. The molecule has 3 rings (SSSR count). The van der Waals surface area contributed by atoms with E-state index >= 15 is 0 Å². The Kier molecular flexibility index (Phi) is 9.87. The van der Waals surface area contributed by atoms with E-state index in [2.05, 4.69) is 18.6 Å². The summed E-state index contributed by atoms with van der Waals surface area (Å²) in [5.41, 5.74) is 6.95. The lowest BCUT2D eigenvalue weighted by Gasteiger charge is -2.53. The van der Waals surface area contributed by atoms with Crippen molar-refractivity contribution in [3.05, 3.63) is 0 Å². The van der Waals surface area contributed by atoms with Gasteiger partial charge in [-0.1, -0.05) is 26.2 Å². The Morgan fingerprint density at radius 1 is 1.16 bits per heavy atom. The Hall–Kier alpha value is -0.650. The summed E-state index contributed by atoms with van der Waals surface area (Å²) in [6.45, 7) is 8.50. The number of aliphatic hydroxyl groups excluding tert-OH is 1. The first kappa shape index (κ1) is 26.0. The van der Waals surface area contributed by atoms with Crippen LogP contribution in [-0.2, 0) is 4.74 Å². The molecule has 0 bridgehead atoms. The molecule has 3 aliphatic carbocycles. The van der Waals surface area contributed by atoms with E-state index in [1.165, 1.54) is 32.1 Å². The third-order valence-electron chi connectivity index (χ3n) is 8.42. The minimum absolute atomic E-state index is 0.0447. The van der Waals surface area contributed by atoms with Crippen LogP contribution in [-0.4, -0.2) is 48.0 Å². The Bertz CT molecular complexity index is 606. The molecule has 3 aliphatic rings. The fraction of sp³-hybridized carbons (Fsp3) is 0.923. The SMILES string of the molecule is C=NC(C1CCCCC1)C(CCCOC(C)O)/N=C(\N)C1(C2CCC(Cl)CC2)CC(C)C1.